The number of nitrogens with two attached hydrogens (primary N) is 1. The molecule has 1 saturated heterocycles. The zero-order chi connectivity index (χ0) is 28.7. The second-order valence-corrected chi connectivity index (χ2v) is 10.8. The molecular weight excluding hydrogens is 551 g/mol. The molecule has 3 heterocycles. The first kappa shape index (κ1) is 27.9. The monoisotopic (exact) mass is 577 g/mol. The number of alkyl halides is 2. The van der Waals surface area contributed by atoms with E-state index in [4.69, 9.17) is 24.0 Å². The maximum atomic E-state index is 14.6. The number of fused-ring (bicyclic) bond motifs is 1. The fourth-order valence-electron chi connectivity index (χ4n) is 4.16. The maximum Gasteiger partial charge on any atom is 0.587 e. The van der Waals surface area contributed by atoms with Gasteiger partial charge in [-0.3, -0.25) is 9.09 Å². The summed E-state index contributed by atoms with van der Waals surface area (Å²) < 4.78 is 66.2. The van der Waals surface area contributed by atoms with Crippen molar-refractivity contribution in [2.45, 2.75) is 44.3 Å². The number of ether oxygens (including phenoxy) is 1. The van der Waals surface area contributed by atoms with Gasteiger partial charge in [-0.1, -0.05) is 35.4 Å². The van der Waals surface area contributed by atoms with Crippen LogP contribution in [0.2, 0.25) is 0 Å². The summed E-state index contributed by atoms with van der Waals surface area (Å²) >= 11 is 0. The van der Waals surface area contributed by atoms with Gasteiger partial charge in [0.1, 0.15) is 35.6 Å². The molecule has 0 aliphatic carbocycles. The normalized spacial score (nSPS) is 23.1. The summed E-state index contributed by atoms with van der Waals surface area (Å²) in [6.07, 6.45) is -6.79. The van der Waals surface area contributed by atoms with E-state index in [0.717, 1.165) is 28.3 Å². The molecule has 4 atom stereocenters. The molecule has 12 nitrogen and oxygen atoms in total. The molecule has 0 spiro atoms. The van der Waals surface area contributed by atoms with E-state index in [1.54, 1.807) is 24.3 Å². The van der Waals surface area contributed by atoms with Gasteiger partial charge >= 0.3 is 7.82 Å². The van der Waals surface area contributed by atoms with Crippen molar-refractivity contribution in [3.05, 3.63) is 72.3 Å². The molecule has 1 aliphatic rings. The number of imidazole rings is 1. The van der Waals surface area contributed by atoms with Gasteiger partial charge in [0, 0.05) is 0 Å². The molecule has 2 aromatic heterocycles. The summed E-state index contributed by atoms with van der Waals surface area (Å²) in [6.45, 7) is 2.48. The second kappa shape index (κ2) is 10.7. The number of phosphoric ester groups is 1. The molecule has 40 heavy (non-hydrogen) atoms. The molecule has 212 valence electrons. The average molecular weight is 577 g/mol. The lowest BCUT2D eigenvalue weighted by Gasteiger charge is -2.31. The number of aliphatic hydroxyl groups is 2. The summed E-state index contributed by atoms with van der Waals surface area (Å²) in [4.78, 5) is 11.9. The third-order valence-corrected chi connectivity index (χ3v) is 7.73. The molecule has 0 radical (unpaired) electrons. The van der Waals surface area contributed by atoms with Crippen LogP contribution in [0.4, 0.5) is 14.6 Å². The fraction of sp³-hybridized carbons (Fsp3) is 0.320. The first-order chi connectivity index (χ1) is 19.0. The van der Waals surface area contributed by atoms with E-state index in [1.807, 2.05) is 13.8 Å². The van der Waals surface area contributed by atoms with Gasteiger partial charge in [-0.2, -0.15) is 0 Å². The molecule has 4 aromatic rings. The molecule has 0 saturated carbocycles. The van der Waals surface area contributed by atoms with Crippen LogP contribution >= 0.6 is 7.82 Å². The van der Waals surface area contributed by atoms with E-state index in [1.165, 1.54) is 24.3 Å². The number of halogens is 2. The van der Waals surface area contributed by atoms with Gasteiger partial charge in [0.15, 0.2) is 23.3 Å². The number of phosphoric acid groups is 1. The Morgan fingerprint density at radius 3 is 2.15 bits per heavy atom. The van der Waals surface area contributed by atoms with Crippen molar-refractivity contribution >= 4 is 24.8 Å². The highest BCUT2D eigenvalue weighted by atomic mass is 31.2. The zero-order valence-electron chi connectivity index (χ0n) is 21.3. The van der Waals surface area contributed by atoms with Crippen molar-refractivity contribution in [3.8, 4) is 11.5 Å². The van der Waals surface area contributed by atoms with Gasteiger partial charge in [0.2, 0.25) is 0 Å². The van der Waals surface area contributed by atoms with E-state index in [-0.39, 0.29) is 28.5 Å². The zero-order valence-corrected chi connectivity index (χ0v) is 22.2. The highest BCUT2D eigenvalue weighted by Gasteiger charge is 2.62. The van der Waals surface area contributed by atoms with Gasteiger partial charge in [0.05, 0.1) is 12.9 Å². The molecule has 5 rings (SSSR count). The number of nitrogen functional groups attached to an aromatic ring is 1. The number of rotatable bonds is 9. The second-order valence-electron chi connectivity index (χ2n) is 9.31. The van der Waals surface area contributed by atoms with E-state index >= 15 is 0 Å². The average Bonchev–Trinajstić information content (AvgIpc) is 3.46. The quantitative estimate of drug-likeness (QED) is 0.249. The van der Waals surface area contributed by atoms with Crippen LogP contribution < -0.4 is 14.8 Å². The van der Waals surface area contributed by atoms with Crippen LogP contribution in [0, 0.1) is 13.8 Å². The van der Waals surface area contributed by atoms with Crippen molar-refractivity contribution in [1.82, 2.24) is 19.5 Å². The lowest BCUT2D eigenvalue weighted by Crippen LogP contribution is -2.52. The van der Waals surface area contributed by atoms with Crippen LogP contribution in [0.1, 0.15) is 17.4 Å². The number of hydrogen-bond acceptors (Lipinski definition) is 11. The number of anilines is 1. The van der Waals surface area contributed by atoms with Gasteiger partial charge in [-0.15, -0.1) is 0 Å². The SMILES string of the molecule is Cc1ccc(OP(=O)(OC[C@@]2(C(F)F)O[C@@H](n3cnc4c(N)ncnc43)[C@H](O)[C@H]2O)Oc2ccc(C)cc2)cc1. The smallest absolute Gasteiger partial charge is 0.395 e. The van der Waals surface area contributed by atoms with E-state index in [2.05, 4.69) is 15.0 Å². The number of hydrogen-bond donors (Lipinski definition) is 3. The Balaban J connectivity index is 1.45. The minimum atomic E-state index is -4.66. The lowest BCUT2D eigenvalue weighted by molar-refractivity contribution is -0.192. The van der Waals surface area contributed by atoms with Crippen molar-refractivity contribution in [3.63, 3.8) is 0 Å². The summed E-state index contributed by atoms with van der Waals surface area (Å²) in [5, 5.41) is 21.6. The van der Waals surface area contributed by atoms with Crippen LogP contribution in [0.5, 0.6) is 11.5 Å². The predicted octanol–water partition coefficient (Wildman–Crippen LogP) is 3.56. The molecule has 4 N–H and O–H groups in total. The van der Waals surface area contributed by atoms with Gasteiger partial charge in [-0.05, 0) is 38.1 Å². The largest absolute Gasteiger partial charge is 0.587 e. The predicted molar refractivity (Wildman–Crippen MR) is 138 cm³/mol. The van der Waals surface area contributed by atoms with Gasteiger partial charge in [0.25, 0.3) is 6.43 Å². The molecule has 1 aliphatic heterocycles. The molecule has 0 unspecified atom stereocenters. The molecule has 0 amide bonds. The highest BCUT2D eigenvalue weighted by Crippen LogP contribution is 2.52. The number of aliphatic hydroxyl groups excluding tert-OH is 2. The minimum absolute atomic E-state index is 0.0164. The summed E-state index contributed by atoms with van der Waals surface area (Å²) in [5.41, 5.74) is 4.94. The first-order valence-electron chi connectivity index (χ1n) is 12.0. The Kier molecular flexibility index (Phi) is 7.46. The lowest BCUT2D eigenvalue weighted by atomic mass is 9.96. The van der Waals surface area contributed by atoms with Gasteiger partial charge in [-0.25, -0.2) is 28.3 Å². The molecule has 0 bridgehead atoms. The fourth-order valence-corrected chi connectivity index (χ4v) is 5.42. The number of nitrogens with zero attached hydrogens (tertiary/aromatic N) is 4. The Morgan fingerprint density at radius 2 is 1.60 bits per heavy atom. The molecule has 15 heteroatoms. The van der Waals surface area contributed by atoms with E-state index in [9.17, 15) is 23.6 Å². The number of aromatic nitrogens is 4. The summed E-state index contributed by atoms with van der Waals surface area (Å²) in [6, 6.07) is 12.8. The molecular formula is C25H26F2N5O7P. The van der Waals surface area contributed by atoms with Crippen LogP contribution in [0.3, 0.4) is 0 Å². The van der Waals surface area contributed by atoms with Crippen molar-refractivity contribution in [1.29, 1.82) is 0 Å². The van der Waals surface area contributed by atoms with Crippen molar-refractivity contribution in [2.75, 3.05) is 12.3 Å². The Morgan fingerprint density at radius 1 is 1.02 bits per heavy atom. The topological polar surface area (TPSA) is 164 Å². The third-order valence-electron chi connectivity index (χ3n) is 6.41. The Hall–Kier alpha value is -3.68. The van der Waals surface area contributed by atoms with Crippen molar-refractivity contribution in [2.24, 2.45) is 0 Å². The van der Waals surface area contributed by atoms with Gasteiger partial charge < -0.3 is 29.7 Å². The van der Waals surface area contributed by atoms with Crippen LogP contribution in [0.25, 0.3) is 11.2 Å². The van der Waals surface area contributed by atoms with E-state index < -0.39 is 44.9 Å². The molecule has 2 aromatic carbocycles. The first-order valence-corrected chi connectivity index (χ1v) is 13.5. The highest BCUT2D eigenvalue weighted by molar-refractivity contribution is 7.49. The summed E-state index contributed by atoms with van der Waals surface area (Å²) in [7, 11) is -4.66. The van der Waals surface area contributed by atoms with Crippen molar-refractivity contribution < 1.29 is 41.9 Å². The maximum absolute atomic E-state index is 14.6. The Bertz CT molecular complexity index is 1490. The van der Waals surface area contributed by atoms with Crippen LogP contribution in [-0.4, -0.2) is 60.6 Å². The third kappa shape index (κ3) is 5.23. The van der Waals surface area contributed by atoms with Crippen LogP contribution in [0.15, 0.2) is 61.2 Å². The molecule has 1 fully saturated rings. The standard InChI is InChI=1S/C25H26F2N5O7P/c1-14-3-7-16(8-4-14)38-40(35,39-17-9-5-15(2)6-10-17)36-11-25(24(26)27)20(34)19(33)23(37-25)32-13-31-18-21(28)29-12-30-22(18)32/h3-10,12-13,19-20,23-24,33-34H,11H2,1-2H3,(H2,28,29,30)/t19-,20-,23-,25-/m1/s1. The Labute approximate surface area is 226 Å². The minimum Gasteiger partial charge on any atom is -0.395 e. The van der Waals surface area contributed by atoms with E-state index in [0.29, 0.717) is 0 Å². The number of benzene rings is 2. The van der Waals surface area contributed by atoms with Crippen LogP contribution in [-0.2, 0) is 13.8 Å². The number of aryl methyl sites for hydroxylation is 2. The summed E-state index contributed by atoms with van der Waals surface area (Å²) in [5.74, 6) is 0.183.